The topological polar surface area (TPSA) is 79.7 Å². The first-order valence-electron chi connectivity index (χ1n) is 13.9. The molecule has 3 heterocycles. The number of rotatable bonds is 10. The average Bonchev–Trinajstić information content (AvgIpc) is 3.76. The summed E-state index contributed by atoms with van der Waals surface area (Å²) in [5, 5.41) is 16.4. The first-order valence-corrected chi connectivity index (χ1v) is 14.8. The number of aromatic nitrogens is 5. The van der Waals surface area contributed by atoms with Crippen molar-refractivity contribution in [2.24, 2.45) is 0 Å². The first kappa shape index (κ1) is 25.6. The molecule has 39 heavy (non-hydrogen) atoms. The van der Waals surface area contributed by atoms with Crippen LogP contribution in [-0.4, -0.2) is 36.6 Å². The molecule has 0 bridgehead atoms. The van der Waals surface area contributed by atoms with E-state index in [9.17, 15) is 4.79 Å². The van der Waals surface area contributed by atoms with Gasteiger partial charge in [0.15, 0.2) is 5.82 Å². The summed E-state index contributed by atoms with van der Waals surface area (Å²) in [6.07, 6.45) is 6.28. The van der Waals surface area contributed by atoms with E-state index in [1.165, 1.54) is 28.8 Å². The van der Waals surface area contributed by atoms with Gasteiger partial charge in [-0.05, 0) is 82.3 Å². The molecule has 0 saturated heterocycles. The minimum Gasteiger partial charge on any atom is -0.322 e. The Labute approximate surface area is 232 Å². The highest BCUT2D eigenvalue weighted by molar-refractivity contribution is 7.09. The van der Waals surface area contributed by atoms with Crippen LogP contribution in [0.2, 0.25) is 0 Å². The summed E-state index contributed by atoms with van der Waals surface area (Å²) in [6, 6.07) is 23.0. The molecule has 0 spiro atoms. The Kier molecular flexibility index (Phi) is 7.65. The SMILES string of the molecule is CCc1ccc2[nH]c(=O)c(C(c3nnnn3C3CCCC3)N(CCc3ccccc3)Cc3cccs3)cc2c1. The van der Waals surface area contributed by atoms with Crippen LogP contribution in [0.1, 0.15) is 72.1 Å². The zero-order chi connectivity index (χ0) is 26.6. The minimum atomic E-state index is -0.384. The molecule has 7 nitrogen and oxygen atoms in total. The van der Waals surface area contributed by atoms with Gasteiger partial charge >= 0.3 is 0 Å². The maximum atomic E-state index is 13.8. The summed E-state index contributed by atoms with van der Waals surface area (Å²) in [6.45, 7) is 3.62. The minimum absolute atomic E-state index is 0.0892. The number of thiophene rings is 1. The average molecular weight is 539 g/mol. The standard InChI is InChI=1S/C31H34N6OS/c1-2-22-14-15-28-24(19-22)20-27(31(38)32-28)29(30-33-34-35-37(30)25-11-6-7-12-25)36(21-26-13-8-18-39-26)17-16-23-9-4-3-5-10-23/h3-5,8-10,13-15,18-20,25,29H,2,6-7,11-12,16-17,21H2,1H3,(H,32,38). The van der Waals surface area contributed by atoms with Gasteiger partial charge in [0.25, 0.3) is 5.56 Å². The van der Waals surface area contributed by atoms with Crippen molar-refractivity contribution in [2.45, 2.75) is 64.1 Å². The lowest BCUT2D eigenvalue weighted by Gasteiger charge is -2.31. The largest absolute Gasteiger partial charge is 0.322 e. The molecule has 1 atom stereocenters. The molecule has 0 aliphatic heterocycles. The summed E-state index contributed by atoms with van der Waals surface area (Å²) >= 11 is 1.74. The van der Waals surface area contributed by atoms with E-state index in [2.05, 4.69) is 92.3 Å². The molecular weight excluding hydrogens is 504 g/mol. The van der Waals surface area contributed by atoms with Gasteiger partial charge in [-0.2, -0.15) is 0 Å². The highest BCUT2D eigenvalue weighted by atomic mass is 32.1. The number of nitrogens with one attached hydrogen (secondary N) is 1. The van der Waals surface area contributed by atoms with Crippen LogP contribution in [0.3, 0.4) is 0 Å². The lowest BCUT2D eigenvalue weighted by molar-refractivity contribution is 0.203. The molecule has 1 N–H and O–H groups in total. The second kappa shape index (κ2) is 11.6. The highest BCUT2D eigenvalue weighted by Gasteiger charge is 2.33. The Hall–Kier alpha value is -3.62. The van der Waals surface area contributed by atoms with E-state index in [1.54, 1.807) is 11.3 Å². The Morgan fingerprint density at radius 1 is 1.05 bits per heavy atom. The van der Waals surface area contributed by atoms with Crippen molar-refractivity contribution < 1.29 is 0 Å². The molecule has 3 aromatic heterocycles. The molecular formula is C31H34N6OS. The maximum Gasteiger partial charge on any atom is 0.253 e. The number of H-pyrrole nitrogens is 1. The number of nitrogens with zero attached hydrogens (tertiary/aromatic N) is 5. The number of fused-ring (bicyclic) bond motifs is 1. The maximum absolute atomic E-state index is 13.8. The van der Waals surface area contributed by atoms with Crippen LogP contribution in [0.25, 0.3) is 10.9 Å². The second-order valence-electron chi connectivity index (χ2n) is 10.4. The van der Waals surface area contributed by atoms with E-state index in [0.29, 0.717) is 12.1 Å². The zero-order valence-electron chi connectivity index (χ0n) is 22.3. The van der Waals surface area contributed by atoms with Crippen LogP contribution in [0.15, 0.2) is 76.9 Å². The molecule has 1 unspecified atom stereocenters. The third-order valence-electron chi connectivity index (χ3n) is 7.91. The third kappa shape index (κ3) is 5.58. The normalized spacial score (nSPS) is 14.9. The summed E-state index contributed by atoms with van der Waals surface area (Å²) in [5.74, 6) is 0.753. The van der Waals surface area contributed by atoms with E-state index in [1.807, 2.05) is 16.8 Å². The molecule has 8 heteroatoms. The number of hydrogen-bond donors (Lipinski definition) is 1. The first-order chi connectivity index (χ1) is 19.2. The van der Waals surface area contributed by atoms with Crippen molar-refractivity contribution in [3.8, 4) is 0 Å². The Morgan fingerprint density at radius 3 is 2.67 bits per heavy atom. The fourth-order valence-corrected chi connectivity index (χ4v) is 6.53. The van der Waals surface area contributed by atoms with E-state index in [-0.39, 0.29) is 17.6 Å². The summed E-state index contributed by atoms with van der Waals surface area (Å²) in [4.78, 5) is 20.6. The van der Waals surface area contributed by atoms with Crippen molar-refractivity contribution in [2.75, 3.05) is 6.54 Å². The lowest BCUT2D eigenvalue weighted by atomic mass is 10.0. The van der Waals surface area contributed by atoms with Gasteiger partial charge in [0.1, 0.15) is 6.04 Å². The molecule has 1 aliphatic carbocycles. The third-order valence-corrected chi connectivity index (χ3v) is 8.77. The van der Waals surface area contributed by atoms with Crippen molar-refractivity contribution >= 4 is 22.2 Å². The summed E-state index contributed by atoms with van der Waals surface area (Å²) < 4.78 is 2.01. The van der Waals surface area contributed by atoms with Crippen LogP contribution in [0.4, 0.5) is 0 Å². The van der Waals surface area contributed by atoms with E-state index >= 15 is 0 Å². The fourth-order valence-electron chi connectivity index (χ4n) is 5.80. The number of benzene rings is 2. The smallest absolute Gasteiger partial charge is 0.253 e. The van der Waals surface area contributed by atoms with Gasteiger partial charge in [-0.15, -0.1) is 16.4 Å². The second-order valence-corrected chi connectivity index (χ2v) is 11.5. The summed E-state index contributed by atoms with van der Waals surface area (Å²) in [5.41, 5.74) is 3.96. The van der Waals surface area contributed by atoms with Crippen LogP contribution < -0.4 is 5.56 Å². The van der Waals surface area contributed by atoms with Crippen molar-refractivity contribution in [3.63, 3.8) is 0 Å². The van der Waals surface area contributed by atoms with Gasteiger partial charge in [0.2, 0.25) is 0 Å². The van der Waals surface area contributed by atoms with Crippen LogP contribution in [0.5, 0.6) is 0 Å². The van der Waals surface area contributed by atoms with Gasteiger partial charge in [0, 0.05) is 29.0 Å². The molecule has 200 valence electrons. The van der Waals surface area contributed by atoms with Crippen LogP contribution in [0, 0.1) is 0 Å². The fraction of sp³-hybridized carbons (Fsp3) is 0.355. The van der Waals surface area contributed by atoms with Crippen molar-refractivity contribution in [1.82, 2.24) is 30.1 Å². The van der Waals surface area contributed by atoms with Crippen molar-refractivity contribution in [3.05, 3.63) is 110 Å². The molecule has 1 saturated carbocycles. The van der Waals surface area contributed by atoms with E-state index in [0.717, 1.165) is 49.0 Å². The van der Waals surface area contributed by atoms with Gasteiger partial charge in [-0.3, -0.25) is 9.69 Å². The van der Waals surface area contributed by atoms with Gasteiger partial charge < -0.3 is 4.98 Å². The highest BCUT2D eigenvalue weighted by Crippen LogP contribution is 2.35. The predicted octanol–water partition coefficient (Wildman–Crippen LogP) is 6.09. The monoisotopic (exact) mass is 538 g/mol. The zero-order valence-corrected chi connectivity index (χ0v) is 23.1. The molecule has 6 rings (SSSR count). The molecule has 1 aliphatic rings. The Morgan fingerprint density at radius 2 is 1.90 bits per heavy atom. The van der Waals surface area contributed by atoms with Gasteiger partial charge in [-0.25, -0.2) is 4.68 Å². The van der Waals surface area contributed by atoms with Gasteiger partial charge in [-0.1, -0.05) is 62.2 Å². The lowest BCUT2D eigenvalue weighted by Crippen LogP contribution is -2.36. The molecule has 2 aromatic carbocycles. The molecule has 5 aromatic rings. The number of tetrazole rings is 1. The van der Waals surface area contributed by atoms with E-state index in [4.69, 9.17) is 0 Å². The van der Waals surface area contributed by atoms with Crippen molar-refractivity contribution in [1.29, 1.82) is 0 Å². The quantitative estimate of drug-likeness (QED) is 0.233. The molecule has 0 radical (unpaired) electrons. The predicted molar refractivity (Wildman–Crippen MR) is 156 cm³/mol. The number of aryl methyl sites for hydroxylation is 1. The Bertz CT molecular complexity index is 1570. The molecule has 0 amide bonds. The molecule has 1 fully saturated rings. The van der Waals surface area contributed by atoms with Crippen LogP contribution >= 0.6 is 11.3 Å². The number of aromatic amines is 1. The van der Waals surface area contributed by atoms with Crippen LogP contribution in [-0.2, 0) is 19.4 Å². The Balaban J connectivity index is 1.49. The number of pyridine rings is 1. The van der Waals surface area contributed by atoms with Gasteiger partial charge in [0.05, 0.1) is 6.04 Å². The summed E-state index contributed by atoms with van der Waals surface area (Å²) in [7, 11) is 0. The number of hydrogen-bond acceptors (Lipinski definition) is 6. The van der Waals surface area contributed by atoms with E-state index < -0.39 is 0 Å².